The van der Waals surface area contributed by atoms with E-state index in [1.54, 1.807) is 18.3 Å². The first-order valence-electron chi connectivity index (χ1n) is 9.84. The lowest BCUT2D eigenvalue weighted by Crippen LogP contribution is -2.53. The number of carbonyl (C=O) groups excluding carboxylic acids is 2. The van der Waals surface area contributed by atoms with E-state index in [0.29, 0.717) is 24.6 Å². The summed E-state index contributed by atoms with van der Waals surface area (Å²) in [5, 5.41) is 2.76. The van der Waals surface area contributed by atoms with Gasteiger partial charge in [-0.05, 0) is 32.2 Å². The minimum Gasteiger partial charge on any atom is -0.357 e. The van der Waals surface area contributed by atoms with Crippen molar-refractivity contribution in [1.82, 2.24) is 24.7 Å². The number of aromatic nitrogens is 2. The van der Waals surface area contributed by atoms with Crippen LogP contribution in [0.2, 0.25) is 0 Å². The van der Waals surface area contributed by atoms with Crippen molar-refractivity contribution in [3.8, 4) is 0 Å². The summed E-state index contributed by atoms with van der Waals surface area (Å²) in [5.74, 6) is 0.0788. The van der Waals surface area contributed by atoms with Crippen LogP contribution in [0.1, 0.15) is 49.3 Å². The van der Waals surface area contributed by atoms with Crippen LogP contribution in [0.25, 0.3) is 0 Å². The quantitative estimate of drug-likeness (QED) is 0.770. The molecule has 2 aliphatic rings. The van der Waals surface area contributed by atoms with Crippen LogP contribution in [-0.2, 0) is 17.9 Å². The predicted molar refractivity (Wildman–Crippen MR) is 104 cm³/mol. The van der Waals surface area contributed by atoms with Crippen molar-refractivity contribution in [2.75, 3.05) is 20.6 Å². The highest BCUT2D eigenvalue weighted by molar-refractivity contribution is 5.97. The van der Waals surface area contributed by atoms with Crippen LogP contribution in [0.4, 0.5) is 0 Å². The normalized spacial score (nSPS) is 18.6. The van der Waals surface area contributed by atoms with Crippen molar-refractivity contribution in [3.05, 3.63) is 29.9 Å². The van der Waals surface area contributed by atoms with Gasteiger partial charge >= 0.3 is 0 Å². The molecule has 0 saturated heterocycles. The Hall–Kier alpha value is -2.15. The van der Waals surface area contributed by atoms with E-state index in [0.717, 1.165) is 31.6 Å². The molecule has 148 valence electrons. The Morgan fingerprint density at radius 2 is 2.00 bits per heavy atom. The van der Waals surface area contributed by atoms with E-state index in [1.165, 1.54) is 0 Å². The molecule has 0 aromatic carbocycles. The molecular formula is C20H31N5O2. The van der Waals surface area contributed by atoms with E-state index in [9.17, 15) is 9.59 Å². The second kappa shape index (κ2) is 8.25. The molecule has 2 heterocycles. The minimum absolute atomic E-state index is 0.0113. The molecule has 0 unspecified atom stereocenters. The molecule has 0 radical (unpaired) electrons. The lowest BCUT2D eigenvalue weighted by atomic mass is 9.98. The summed E-state index contributed by atoms with van der Waals surface area (Å²) >= 11 is 0. The third-order valence-corrected chi connectivity index (χ3v) is 5.48. The van der Waals surface area contributed by atoms with Gasteiger partial charge in [-0.25, -0.2) is 4.98 Å². The zero-order valence-electron chi connectivity index (χ0n) is 16.8. The monoisotopic (exact) mass is 373 g/mol. The van der Waals surface area contributed by atoms with Crippen molar-refractivity contribution < 1.29 is 9.59 Å². The maximum absolute atomic E-state index is 13.6. The van der Waals surface area contributed by atoms with Gasteiger partial charge in [0, 0.05) is 32.7 Å². The highest BCUT2D eigenvalue weighted by Gasteiger charge is 2.38. The van der Waals surface area contributed by atoms with Gasteiger partial charge in [-0.3, -0.25) is 14.5 Å². The average Bonchev–Trinajstić information content (AvgIpc) is 3.29. The summed E-state index contributed by atoms with van der Waals surface area (Å²) in [4.78, 5) is 34.8. The molecule has 27 heavy (non-hydrogen) atoms. The highest BCUT2D eigenvalue weighted by atomic mass is 16.2. The second-order valence-corrected chi connectivity index (χ2v) is 8.04. The van der Waals surface area contributed by atoms with E-state index >= 15 is 0 Å². The van der Waals surface area contributed by atoms with E-state index in [2.05, 4.69) is 52.8 Å². The number of carbonyl (C=O) groups is 2. The first kappa shape index (κ1) is 19.6. The Labute approximate surface area is 161 Å². The molecule has 1 aromatic heterocycles. The molecule has 1 atom stereocenters. The smallest absolute Gasteiger partial charge is 0.275 e. The highest BCUT2D eigenvalue weighted by Crippen LogP contribution is 2.27. The summed E-state index contributed by atoms with van der Waals surface area (Å²) in [7, 11) is 3.69. The largest absolute Gasteiger partial charge is 0.357 e. The number of nitrogens with zero attached hydrogens (tertiary/aromatic N) is 4. The summed E-state index contributed by atoms with van der Waals surface area (Å²) in [6.07, 6.45) is 8.16. The molecule has 3 rings (SSSR count). The van der Waals surface area contributed by atoms with Crippen molar-refractivity contribution in [3.63, 3.8) is 0 Å². The zero-order chi connectivity index (χ0) is 19.6. The Bertz CT molecular complexity index is 716. The first-order valence-corrected chi connectivity index (χ1v) is 9.84. The molecule has 1 aliphatic heterocycles. The van der Waals surface area contributed by atoms with E-state index in [1.807, 2.05) is 0 Å². The lowest BCUT2D eigenvalue weighted by Gasteiger charge is -2.36. The number of hydrogen-bond donors (Lipinski definition) is 1. The third-order valence-electron chi connectivity index (χ3n) is 5.48. The molecule has 7 heteroatoms. The van der Waals surface area contributed by atoms with Gasteiger partial charge in [0.05, 0.1) is 12.0 Å². The maximum Gasteiger partial charge on any atom is 0.275 e. The van der Waals surface area contributed by atoms with Gasteiger partial charge in [0.2, 0.25) is 5.91 Å². The zero-order valence-corrected chi connectivity index (χ0v) is 16.8. The molecule has 7 nitrogen and oxygen atoms in total. The summed E-state index contributed by atoms with van der Waals surface area (Å²) in [6.45, 7) is 6.65. The number of nitrogens with one attached hydrogen (secondary N) is 1. The molecule has 1 aromatic rings. The fraction of sp³-hybridized carbons (Fsp3) is 0.650. The Morgan fingerprint density at radius 3 is 2.63 bits per heavy atom. The van der Waals surface area contributed by atoms with Gasteiger partial charge < -0.3 is 14.8 Å². The maximum atomic E-state index is 13.6. The summed E-state index contributed by atoms with van der Waals surface area (Å²) in [6, 6.07) is -0.469. The van der Waals surface area contributed by atoms with Crippen molar-refractivity contribution in [2.45, 2.75) is 58.3 Å². The number of rotatable bonds is 6. The average molecular weight is 374 g/mol. The topological polar surface area (TPSA) is 70.5 Å². The first-order chi connectivity index (χ1) is 12.9. The van der Waals surface area contributed by atoms with Crippen LogP contribution in [0.3, 0.4) is 0 Å². The van der Waals surface area contributed by atoms with E-state index in [-0.39, 0.29) is 17.9 Å². The van der Waals surface area contributed by atoms with E-state index < -0.39 is 6.04 Å². The molecule has 0 fully saturated rings. The van der Waals surface area contributed by atoms with Crippen molar-refractivity contribution >= 4 is 11.8 Å². The number of imidazole rings is 1. The van der Waals surface area contributed by atoms with Gasteiger partial charge in [-0.15, -0.1) is 0 Å². The van der Waals surface area contributed by atoms with Gasteiger partial charge in [0.25, 0.3) is 5.91 Å². The molecule has 1 N–H and O–H groups in total. The van der Waals surface area contributed by atoms with Crippen LogP contribution in [0.5, 0.6) is 0 Å². The molecule has 2 amide bonds. The third kappa shape index (κ3) is 4.08. The number of fused-ring (bicyclic) bond motifs is 1. The number of hydrogen-bond acceptors (Lipinski definition) is 4. The van der Waals surface area contributed by atoms with Crippen molar-refractivity contribution in [1.29, 1.82) is 0 Å². The summed E-state index contributed by atoms with van der Waals surface area (Å²) in [5.41, 5.74) is 1.44. The van der Waals surface area contributed by atoms with Gasteiger partial charge in [-0.2, -0.15) is 0 Å². The molecular weight excluding hydrogens is 342 g/mol. The molecule has 0 saturated carbocycles. The Morgan fingerprint density at radius 1 is 1.30 bits per heavy atom. The van der Waals surface area contributed by atoms with Crippen molar-refractivity contribution in [2.24, 2.45) is 5.92 Å². The summed E-state index contributed by atoms with van der Waals surface area (Å²) < 4.78 is 2.07. The Kier molecular flexibility index (Phi) is 5.99. The Balaban J connectivity index is 1.96. The SMILES string of the molecule is CNC(=O)[C@H](CC(C)C)N(C(=O)c1ncn2c1CN(C)CC2)C1CC=CC1. The van der Waals surface area contributed by atoms with Gasteiger partial charge in [0.1, 0.15) is 6.04 Å². The van der Waals surface area contributed by atoms with E-state index in [4.69, 9.17) is 0 Å². The molecule has 0 spiro atoms. The van der Waals surface area contributed by atoms with Gasteiger partial charge in [-0.1, -0.05) is 26.0 Å². The fourth-order valence-electron chi connectivity index (χ4n) is 4.03. The van der Waals surface area contributed by atoms with Crippen LogP contribution in [0.15, 0.2) is 18.5 Å². The standard InChI is InChI=1S/C20H31N5O2/c1-14(2)11-16(19(26)21-3)25(15-7-5-6-8-15)20(27)18-17-12-23(4)9-10-24(17)13-22-18/h5-6,13-16H,7-12H2,1-4H3,(H,21,26)/t16-/m0/s1. The second-order valence-electron chi connectivity index (χ2n) is 8.04. The fourth-order valence-corrected chi connectivity index (χ4v) is 4.03. The predicted octanol–water partition coefficient (Wildman–Crippen LogP) is 1.65. The van der Waals surface area contributed by atoms with Gasteiger partial charge in [0.15, 0.2) is 5.69 Å². The van der Waals surface area contributed by atoms with Crippen LogP contribution < -0.4 is 5.32 Å². The number of likely N-dealkylation sites (N-methyl/N-ethyl adjacent to an activating group) is 2. The minimum atomic E-state index is -0.480. The van der Waals surface area contributed by atoms with Crippen LogP contribution in [0, 0.1) is 5.92 Å². The van der Waals surface area contributed by atoms with Crippen LogP contribution >= 0.6 is 0 Å². The van der Waals surface area contributed by atoms with Crippen LogP contribution in [-0.4, -0.2) is 63.9 Å². The number of amides is 2. The lowest BCUT2D eigenvalue weighted by molar-refractivity contribution is -0.126. The molecule has 0 bridgehead atoms. The molecule has 1 aliphatic carbocycles.